The number of anilines is 1. The highest BCUT2D eigenvalue weighted by atomic mass is 79.9. The van der Waals surface area contributed by atoms with Crippen molar-refractivity contribution in [2.24, 2.45) is 5.92 Å². The number of amides is 1. The van der Waals surface area contributed by atoms with E-state index in [9.17, 15) is 9.59 Å². The number of carboxylic acids is 1. The Bertz CT molecular complexity index is 597. The zero-order chi connectivity index (χ0) is 15.6. The third-order valence-electron chi connectivity index (χ3n) is 3.25. The van der Waals surface area contributed by atoms with Crippen LogP contribution in [0.3, 0.4) is 0 Å². The van der Waals surface area contributed by atoms with E-state index < -0.39 is 5.97 Å². The third kappa shape index (κ3) is 3.44. The monoisotopic (exact) mass is 353 g/mol. The lowest BCUT2D eigenvalue weighted by Gasteiger charge is -2.36. The summed E-state index contributed by atoms with van der Waals surface area (Å²) in [5.41, 5.74) is 0.640. The molecule has 1 N–H and O–H groups in total. The lowest BCUT2D eigenvalue weighted by Crippen LogP contribution is -2.45. The minimum Gasteiger partial charge on any atom is -0.485 e. The van der Waals surface area contributed by atoms with E-state index in [1.165, 1.54) is 0 Å². The van der Waals surface area contributed by atoms with Crippen LogP contribution in [0.25, 0.3) is 0 Å². The molecule has 0 spiro atoms. The van der Waals surface area contributed by atoms with Gasteiger partial charge in [0.15, 0.2) is 5.75 Å². The summed E-state index contributed by atoms with van der Waals surface area (Å²) in [5, 5.41) is 8.65. The van der Waals surface area contributed by atoms with Gasteiger partial charge in [0.05, 0.1) is 16.7 Å². The fourth-order valence-corrected chi connectivity index (χ4v) is 2.53. The number of fused-ring (bicyclic) bond motifs is 1. The first-order chi connectivity index (χ1) is 9.90. The number of para-hydroxylation sites is 1. The summed E-state index contributed by atoms with van der Waals surface area (Å²) in [6.07, 6.45) is 1.77. The molecule has 2 rings (SSSR count). The second-order valence-corrected chi connectivity index (χ2v) is 5.96. The van der Waals surface area contributed by atoms with Crippen LogP contribution >= 0.6 is 15.9 Å². The summed E-state index contributed by atoms with van der Waals surface area (Å²) < 4.78 is 6.72. The normalized spacial score (nSPS) is 17.7. The van der Waals surface area contributed by atoms with Gasteiger partial charge in [-0.05, 0) is 34.0 Å². The molecule has 0 saturated heterocycles. The molecule has 1 amide bonds. The minimum absolute atomic E-state index is 0.140. The number of nitrogens with zero attached hydrogens (tertiary/aromatic N) is 1. The number of carbonyl (C=O) groups excluding carboxylic acids is 1. The molecule has 5 nitrogen and oxygen atoms in total. The van der Waals surface area contributed by atoms with Gasteiger partial charge in [-0.25, -0.2) is 4.79 Å². The van der Waals surface area contributed by atoms with Gasteiger partial charge >= 0.3 is 5.97 Å². The third-order valence-corrected chi connectivity index (χ3v) is 3.87. The van der Waals surface area contributed by atoms with Crippen LogP contribution in [0.1, 0.15) is 13.8 Å². The van der Waals surface area contributed by atoms with Crippen LogP contribution in [0.2, 0.25) is 0 Å². The lowest BCUT2D eigenvalue weighted by atomic mass is 10.0. The molecule has 21 heavy (non-hydrogen) atoms. The summed E-state index contributed by atoms with van der Waals surface area (Å²) in [5.74, 6) is -0.680. The van der Waals surface area contributed by atoms with Crippen molar-refractivity contribution in [3.63, 3.8) is 0 Å². The highest BCUT2D eigenvalue weighted by molar-refractivity contribution is 9.10. The molecule has 0 aliphatic carbocycles. The summed E-state index contributed by atoms with van der Waals surface area (Å²) in [4.78, 5) is 24.4. The molecule has 1 aliphatic rings. The van der Waals surface area contributed by atoms with Crippen LogP contribution in [0.15, 0.2) is 34.8 Å². The van der Waals surface area contributed by atoms with Gasteiger partial charge in [0, 0.05) is 12.2 Å². The van der Waals surface area contributed by atoms with Crippen LogP contribution < -0.4 is 9.64 Å². The smallest absolute Gasteiger partial charge is 0.328 e. The van der Waals surface area contributed by atoms with Gasteiger partial charge in [-0.2, -0.15) is 0 Å². The van der Waals surface area contributed by atoms with E-state index >= 15 is 0 Å². The SMILES string of the molecule is CC(C)C1CN(C(=O)C=CC(=O)O)c2cccc(Br)c2O1. The highest BCUT2D eigenvalue weighted by Gasteiger charge is 2.31. The molecule has 1 aromatic carbocycles. The summed E-state index contributed by atoms with van der Waals surface area (Å²) in [6.45, 7) is 4.43. The fourth-order valence-electron chi connectivity index (χ4n) is 2.08. The molecule has 1 atom stereocenters. The van der Waals surface area contributed by atoms with Crippen molar-refractivity contribution in [2.75, 3.05) is 11.4 Å². The number of carbonyl (C=O) groups is 2. The first-order valence-corrected chi connectivity index (χ1v) is 7.37. The van der Waals surface area contributed by atoms with E-state index in [0.29, 0.717) is 18.0 Å². The predicted molar refractivity (Wildman–Crippen MR) is 82.5 cm³/mol. The molecule has 0 fully saturated rings. The quantitative estimate of drug-likeness (QED) is 0.848. The van der Waals surface area contributed by atoms with Gasteiger partial charge in [-0.3, -0.25) is 4.79 Å². The molecule has 112 valence electrons. The Morgan fingerprint density at radius 2 is 2.14 bits per heavy atom. The van der Waals surface area contributed by atoms with E-state index in [4.69, 9.17) is 9.84 Å². The van der Waals surface area contributed by atoms with Gasteiger partial charge in [0.1, 0.15) is 6.10 Å². The van der Waals surface area contributed by atoms with Crippen LogP contribution in [0.5, 0.6) is 5.75 Å². The van der Waals surface area contributed by atoms with Crippen molar-refractivity contribution in [1.29, 1.82) is 0 Å². The number of ether oxygens (including phenoxy) is 1. The lowest BCUT2D eigenvalue weighted by molar-refractivity contribution is -0.131. The number of carboxylic acid groups (broad SMARTS) is 1. The number of rotatable bonds is 3. The number of hydrogen-bond donors (Lipinski definition) is 1. The van der Waals surface area contributed by atoms with E-state index in [0.717, 1.165) is 16.6 Å². The highest BCUT2D eigenvalue weighted by Crippen LogP contribution is 2.40. The molecule has 0 radical (unpaired) electrons. The molecule has 6 heteroatoms. The molecule has 1 unspecified atom stereocenters. The predicted octanol–water partition coefficient (Wildman–Crippen LogP) is 2.84. The minimum atomic E-state index is -1.15. The zero-order valence-electron chi connectivity index (χ0n) is 11.7. The van der Waals surface area contributed by atoms with Crippen molar-refractivity contribution < 1.29 is 19.4 Å². The van der Waals surface area contributed by atoms with Gasteiger partial charge in [-0.15, -0.1) is 0 Å². The Kier molecular flexibility index (Phi) is 4.67. The number of halogens is 1. The average molecular weight is 354 g/mol. The maximum absolute atomic E-state index is 12.2. The topological polar surface area (TPSA) is 66.8 Å². The Balaban J connectivity index is 2.39. The molecule has 1 aromatic rings. The van der Waals surface area contributed by atoms with Gasteiger partial charge in [-0.1, -0.05) is 19.9 Å². The second kappa shape index (κ2) is 6.30. The Hall–Kier alpha value is -1.82. The van der Waals surface area contributed by atoms with Gasteiger partial charge in [0.25, 0.3) is 5.91 Å². The molecule has 0 bridgehead atoms. The number of hydrogen-bond acceptors (Lipinski definition) is 3. The van der Waals surface area contributed by atoms with Crippen LogP contribution in [-0.4, -0.2) is 29.6 Å². The summed E-state index contributed by atoms with van der Waals surface area (Å²) in [7, 11) is 0. The average Bonchev–Trinajstić information content (AvgIpc) is 2.44. The molecule has 0 saturated carbocycles. The molecule has 1 heterocycles. The Morgan fingerprint density at radius 1 is 1.43 bits per heavy atom. The maximum atomic E-state index is 12.2. The maximum Gasteiger partial charge on any atom is 0.328 e. The first-order valence-electron chi connectivity index (χ1n) is 6.58. The standard InChI is InChI=1S/C15H16BrNO4/c1-9(2)12-8-17(13(18)6-7-14(19)20)11-5-3-4-10(16)15(11)21-12/h3-7,9,12H,8H2,1-2H3,(H,19,20). The fraction of sp³-hybridized carbons (Fsp3) is 0.333. The van der Waals surface area contributed by atoms with Crippen LogP contribution in [0.4, 0.5) is 5.69 Å². The summed E-state index contributed by atoms with van der Waals surface area (Å²) in [6, 6.07) is 5.43. The van der Waals surface area contributed by atoms with E-state index in [2.05, 4.69) is 15.9 Å². The Morgan fingerprint density at radius 3 is 2.76 bits per heavy atom. The largest absolute Gasteiger partial charge is 0.485 e. The van der Waals surface area contributed by atoms with Gasteiger partial charge in [0.2, 0.25) is 0 Å². The van der Waals surface area contributed by atoms with Crippen LogP contribution in [0, 0.1) is 5.92 Å². The number of benzene rings is 1. The van der Waals surface area contributed by atoms with Crippen molar-refractivity contribution >= 4 is 33.5 Å². The van der Waals surface area contributed by atoms with E-state index in [1.54, 1.807) is 11.0 Å². The Labute approximate surface area is 131 Å². The van der Waals surface area contributed by atoms with E-state index in [-0.39, 0.29) is 17.9 Å². The van der Waals surface area contributed by atoms with Crippen molar-refractivity contribution in [3.05, 3.63) is 34.8 Å². The van der Waals surface area contributed by atoms with Crippen molar-refractivity contribution in [3.8, 4) is 5.75 Å². The molecule has 1 aliphatic heterocycles. The first kappa shape index (κ1) is 15.6. The van der Waals surface area contributed by atoms with Crippen molar-refractivity contribution in [2.45, 2.75) is 20.0 Å². The zero-order valence-corrected chi connectivity index (χ0v) is 13.3. The molecular weight excluding hydrogens is 338 g/mol. The van der Waals surface area contributed by atoms with E-state index in [1.807, 2.05) is 26.0 Å². The van der Waals surface area contributed by atoms with Crippen molar-refractivity contribution in [1.82, 2.24) is 0 Å². The second-order valence-electron chi connectivity index (χ2n) is 5.11. The summed E-state index contributed by atoms with van der Waals surface area (Å²) >= 11 is 3.42. The van der Waals surface area contributed by atoms with Gasteiger partial charge < -0.3 is 14.7 Å². The molecular formula is C15H16BrNO4. The molecule has 0 aromatic heterocycles. The van der Waals surface area contributed by atoms with Crippen LogP contribution in [-0.2, 0) is 9.59 Å². The number of aliphatic carboxylic acids is 1.